The Labute approximate surface area is 90.5 Å². The van der Waals surface area contributed by atoms with Crippen LogP contribution < -0.4 is 0 Å². The first-order valence-corrected chi connectivity index (χ1v) is 6.49. The molecule has 0 aromatic rings. The maximum Gasteiger partial charge on any atom is -0.0269 e. The lowest BCUT2D eigenvalue weighted by molar-refractivity contribution is 0.135. The van der Waals surface area contributed by atoms with E-state index in [0.717, 1.165) is 23.7 Å². The monoisotopic (exact) mass is 196 g/mol. The van der Waals surface area contributed by atoms with E-state index in [-0.39, 0.29) is 0 Å². The molecule has 84 valence electrons. The van der Waals surface area contributed by atoms with Gasteiger partial charge in [0.25, 0.3) is 0 Å². The first-order chi connectivity index (χ1) is 6.49. The molecule has 1 fully saturated rings. The van der Waals surface area contributed by atoms with Crippen LogP contribution in [0.5, 0.6) is 0 Å². The normalized spacial score (nSPS) is 48.4. The molecule has 5 unspecified atom stereocenters. The molecule has 0 N–H and O–H groups in total. The van der Waals surface area contributed by atoms with E-state index >= 15 is 0 Å². The molecule has 1 aliphatic carbocycles. The van der Waals surface area contributed by atoms with E-state index in [9.17, 15) is 0 Å². The van der Waals surface area contributed by atoms with E-state index in [2.05, 4.69) is 41.5 Å². The first-order valence-electron chi connectivity index (χ1n) is 6.49. The van der Waals surface area contributed by atoms with Gasteiger partial charge in [0.05, 0.1) is 0 Å². The molecule has 0 amide bonds. The van der Waals surface area contributed by atoms with Crippen molar-refractivity contribution >= 4 is 0 Å². The fourth-order valence-corrected chi connectivity index (χ4v) is 3.85. The highest BCUT2D eigenvalue weighted by molar-refractivity contribution is 4.98. The smallest absolute Gasteiger partial charge is 0.0269 e. The lowest BCUT2D eigenvalue weighted by atomic mass is 9.69. The van der Waals surface area contributed by atoms with Gasteiger partial charge >= 0.3 is 0 Å². The second-order valence-electron chi connectivity index (χ2n) is 5.76. The van der Waals surface area contributed by atoms with Gasteiger partial charge in [-0.2, -0.15) is 0 Å². The van der Waals surface area contributed by atoms with Gasteiger partial charge < -0.3 is 0 Å². The van der Waals surface area contributed by atoms with Crippen LogP contribution in [0.15, 0.2) is 0 Å². The molecule has 0 aliphatic heterocycles. The molecule has 0 radical (unpaired) electrons. The predicted octanol–water partition coefficient (Wildman–Crippen LogP) is 4.74. The highest BCUT2D eigenvalue weighted by Gasteiger charge is 2.50. The Morgan fingerprint density at radius 3 is 2.00 bits per heavy atom. The molecule has 14 heavy (non-hydrogen) atoms. The zero-order chi connectivity index (χ0) is 10.9. The second-order valence-corrected chi connectivity index (χ2v) is 5.76. The molecule has 1 rings (SSSR count). The van der Waals surface area contributed by atoms with Crippen LogP contribution in [-0.2, 0) is 0 Å². The van der Waals surface area contributed by atoms with E-state index in [1.807, 2.05) is 0 Å². The fraction of sp³-hybridized carbons (Fsp3) is 1.00. The van der Waals surface area contributed by atoms with Gasteiger partial charge in [-0.3, -0.25) is 0 Å². The van der Waals surface area contributed by atoms with Crippen molar-refractivity contribution in [3.8, 4) is 0 Å². The quantitative estimate of drug-likeness (QED) is 0.611. The molecule has 0 aromatic heterocycles. The predicted molar refractivity (Wildman–Crippen MR) is 64.3 cm³/mol. The van der Waals surface area contributed by atoms with E-state index in [1.165, 1.54) is 19.3 Å². The van der Waals surface area contributed by atoms with Crippen LogP contribution in [0, 0.1) is 29.1 Å². The van der Waals surface area contributed by atoms with Gasteiger partial charge in [0.2, 0.25) is 0 Å². The topological polar surface area (TPSA) is 0 Å². The number of hydrogen-bond donors (Lipinski definition) is 0. The average Bonchev–Trinajstić information content (AvgIpc) is 2.34. The van der Waals surface area contributed by atoms with Gasteiger partial charge in [-0.15, -0.1) is 0 Å². The minimum Gasteiger partial charge on any atom is -0.0654 e. The van der Waals surface area contributed by atoms with E-state index in [0.29, 0.717) is 5.41 Å². The van der Waals surface area contributed by atoms with Crippen molar-refractivity contribution in [3.63, 3.8) is 0 Å². The summed E-state index contributed by atoms with van der Waals surface area (Å²) in [5.74, 6) is 3.70. The summed E-state index contributed by atoms with van der Waals surface area (Å²) in [5, 5.41) is 0. The van der Waals surface area contributed by atoms with Crippen LogP contribution >= 0.6 is 0 Å². The first kappa shape index (κ1) is 12.1. The zero-order valence-electron chi connectivity index (χ0n) is 10.9. The molecule has 5 atom stereocenters. The van der Waals surface area contributed by atoms with Gasteiger partial charge in [-0.1, -0.05) is 54.4 Å². The Balaban J connectivity index is 2.89. The third-order valence-electron chi connectivity index (χ3n) is 5.50. The van der Waals surface area contributed by atoms with Crippen LogP contribution in [-0.4, -0.2) is 0 Å². The van der Waals surface area contributed by atoms with Crippen molar-refractivity contribution in [3.05, 3.63) is 0 Å². The zero-order valence-corrected chi connectivity index (χ0v) is 10.9. The largest absolute Gasteiger partial charge is 0.0654 e. The molecule has 0 heterocycles. The fourth-order valence-electron chi connectivity index (χ4n) is 3.85. The van der Waals surface area contributed by atoms with E-state index < -0.39 is 0 Å². The summed E-state index contributed by atoms with van der Waals surface area (Å²) in [4.78, 5) is 0. The molecule has 0 heteroatoms. The second kappa shape index (κ2) is 4.24. The molecule has 0 spiro atoms. The van der Waals surface area contributed by atoms with E-state index in [4.69, 9.17) is 0 Å². The van der Waals surface area contributed by atoms with Gasteiger partial charge in [-0.25, -0.2) is 0 Å². The summed E-state index contributed by atoms with van der Waals surface area (Å²) in [7, 11) is 0. The van der Waals surface area contributed by atoms with E-state index in [1.54, 1.807) is 0 Å². The maximum atomic E-state index is 2.53. The van der Waals surface area contributed by atoms with Gasteiger partial charge in [-0.05, 0) is 35.5 Å². The molecular formula is C14H28. The standard InChI is InChI=1S/C14H28/c1-7-9-13-11(4)10(3)12(5)14(13,6)8-2/h10-13H,7-9H2,1-6H3. The van der Waals surface area contributed by atoms with Crippen molar-refractivity contribution in [2.75, 3.05) is 0 Å². The molecule has 1 aliphatic rings. The third-order valence-corrected chi connectivity index (χ3v) is 5.50. The van der Waals surface area contributed by atoms with Gasteiger partial charge in [0.15, 0.2) is 0 Å². The number of rotatable bonds is 3. The summed E-state index contributed by atoms with van der Waals surface area (Å²) in [6.45, 7) is 14.6. The maximum absolute atomic E-state index is 2.53. The Kier molecular flexibility index (Phi) is 3.66. The van der Waals surface area contributed by atoms with Crippen LogP contribution in [0.2, 0.25) is 0 Å². The molecule has 1 saturated carbocycles. The Morgan fingerprint density at radius 2 is 1.57 bits per heavy atom. The molecule has 0 saturated heterocycles. The molecular weight excluding hydrogens is 168 g/mol. The van der Waals surface area contributed by atoms with Crippen molar-refractivity contribution < 1.29 is 0 Å². The SMILES string of the molecule is CCCC1C(C)C(C)C(C)C1(C)CC. The lowest BCUT2D eigenvalue weighted by Gasteiger charge is -2.36. The van der Waals surface area contributed by atoms with Gasteiger partial charge in [0, 0.05) is 0 Å². The molecule has 0 nitrogen and oxygen atoms in total. The Morgan fingerprint density at radius 1 is 1.00 bits per heavy atom. The lowest BCUT2D eigenvalue weighted by Crippen LogP contribution is -2.28. The summed E-state index contributed by atoms with van der Waals surface area (Å²) in [6.07, 6.45) is 4.14. The van der Waals surface area contributed by atoms with Crippen LogP contribution in [0.4, 0.5) is 0 Å². The van der Waals surface area contributed by atoms with Crippen molar-refractivity contribution in [2.45, 2.75) is 60.8 Å². The van der Waals surface area contributed by atoms with Gasteiger partial charge in [0.1, 0.15) is 0 Å². The summed E-state index contributed by atoms with van der Waals surface area (Å²) in [5.41, 5.74) is 0.606. The number of hydrogen-bond acceptors (Lipinski definition) is 0. The minimum atomic E-state index is 0.606. The summed E-state index contributed by atoms with van der Waals surface area (Å²) < 4.78 is 0. The Hall–Kier alpha value is 0. The van der Waals surface area contributed by atoms with Crippen LogP contribution in [0.25, 0.3) is 0 Å². The van der Waals surface area contributed by atoms with Crippen molar-refractivity contribution in [1.29, 1.82) is 0 Å². The minimum absolute atomic E-state index is 0.606. The summed E-state index contributed by atoms with van der Waals surface area (Å²) >= 11 is 0. The molecule has 0 bridgehead atoms. The van der Waals surface area contributed by atoms with Crippen LogP contribution in [0.3, 0.4) is 0 Å². The molecule has 0 aromatic carbocycles. The Bertz CT molecular complexity index is 184. The van der Waals surface area contributed by atoms with Crippen molar-refractivity contribution in [1.82, 2.24) is 0 Å². The summed E-state index contributed by atoms with van der Waals surface area (Å²) in [6, 6.07) is 0. The third kappa shape index (κ3) is 1.61. The highest BCUT2D eigenvalue weighted by atomic mass is 14.5. The average molecular weight is 196 g/mol. The van der Waals surface area contributed by atoms with Crippen LogP contribution in [0.1, 0.15) is 60.8 Å². The van der Waals surface area contributed by atoms with Crippen molar-refractivity contribution in [2.24, 2.45) is 29.1 Å². The highest BCUT2D eigenvalue weighted by Crippen LogP contribution is 2.57.